The Balaban J connectivity index is 2.11. The Hall–Kier alpha value is -1.52. The van der Waals surface area contributed by atoms with Crippen LogP contribution in [0.1, 0.15) is 5.56 Å². The van der Waals surface area contributed by atoms with Gasteiger partial charge in [0.1, 0.15) is 0 Å². The summed E-state index contributed by atoms with van der Waals surface area (Å²) in [5, 5.41) is 2.85. The molecule has 0 aromatic heterocycles. The van der Waals surface area contributed by atoms with Crippen LogP contribution in [0.5, 0.6) is 0 Å². The Morgan fingerprint density at radius 1 is 0.947 bits per heavy atom. The minimum Gasteiger partial charge on any atom is -0.219 e. The molecule has 0 spiro atoms. The monoisotopic (exact) mass is 290 g/mol. The van der Waals surface area contributed by atoms with Crippen LogP contribution in [0.25, 0.3) is 0 Å². The van der Waals surface area contributed by atoms with E-state index >= 15 is 0 Å². The van der Waals surface area contributed by atoms with Gasteiger partial charge in [0.05, 0.1) is 4.90 Å². The molecule has 0 amide bonds. The highest BCUT2D eigenvalue weighted by atomic mass is 32.2. The Bertz CT molecular complexity index is 657. The van der Waals surface area contributed by atoms with Crippen LogP contribution in [0.2, 0.25) is 0 Å². The second kappa shape index (κ2) is 6.08. The van der Waals surface area contributed by atoms with Crippen molar-refractivity contribution in [3.05, 3.63) is 71.0 Å². The molecule has 0 aliphatic heterocycles. The lowest BCUT2D eigenvalue weighted by Gasteiger charge is -1.99. The predicted octanol–water partition coefficient (Wildman–Crippen LogP) is 4.03. The van der Waals surface area contributed by atoms with Crippen LogP contribution in [0.15, 0.2) is 75.2 Å². The van der Waals surface area contributed by atoms with E-state index in [9.17, 15) is 8.42 Å². The first-order valence-corrected chi connectivity index (χ1v) is 8.20. The van der Waals surface area contributed by atoms with Crippen molar-refractivity contribution in [2.75, 3.05) is 0 Å². The van der Waals surface area contributed by atoms with Gasteiger partial charge in [-0.25, -0.2) is 8.42 Å². The molecule has 0 aliphatic carbocycles. The molecule has 0 saturated carbocycles. The molecule has 4 heteroatoms. The molecular weight excluding hydrogens is 276 g/mol. The maximum Gasteiger partial charge on any atom is 0.200 e. The third kappa shape index (κ3) is 3.98. The molecule has 0 atom stereocenters. The van der Waals surface area contributed by atoms with Crippen molar-refractivity contribution in [1.29, 1.82) is 0 Å². The van der Waals surface area contributed by atoms with Gasteiger partial charge in [-0.15, -0.1) is 0 Å². The lowest BCUT2D eigenvalue weighted by atomic mass is 10.2. The summed E-state index contributed by atoms with van der Waals surface area (Å²) >= 11 is 1.39. The maximum absolute atomic E-state index is 12.0. The number of benzene rings is 2. The number of thioether (sulfide) groups is 1. The molecular formula is C15H14O2S2. The van der Waals surface area contributed by atoms with Crippen molar-refractivity contribution >= 4 is 21.6 Å². The van der Waals surface area contributed by atoms with Crippen LogP contribution >= 0.6 is 11.8 Å². The fraction of sp³-hybridized carbons (Fsp3) is 0.0667. The van der Waals surface area contributed by atoms with Crippen molar-refractivity contribution in [2.45, 2.75) is 16.7 Å². The third-order valence-electron chi connectivity index (χ3n) is 2.53. The summed E-state index contributed by atoms with van der Waals surface area (Å²) in [6.45, 7) is 1.93. The van der Waals surface area contributed by atoms with Gasteiger partial charge in [-0.1, -0.05) is 47.7 Å². The molecule has 0 N–H and O–H groups in total. The van der Waals surface area contributed by atoms with E-state index in [-0.39, 0.29) is 0 Å². The van der Waals surface area contributed by atoms with E-state index in [0.29, 0.717) is 4.90 Å². The third-order valence-corrected chi connectivity index (χ3v) is 4.94. The normalized spacial score (nSPS) is 11.8. The van der Waals surface area contributed by atoms with Crippen molar-refractivity contribution in [3.8, 4) is 0 Å². The summed E-state index contributed by atoms with van der Waals surface area (Å²) in [5.41, 5.74) is 1.04. The molecule has 0 aliphatic rings. The van der Waals surface area contributed by atoms with Gasteiger partial charge in [0.25, 0.3) is 0 Å². The number of sulfone groups is 1. The highest BCUT2D eigenvalue weighted by Crippen LogP contribution is 2.20. The molecule has 2 nitrogen and oxygen atoms in total. The zero-order chi connectivity index (χ0) is 13.7. The SMILES string of the molecule is Cc1ccc(S(=O)(=O)/C=C/Sc2ccccc2)cc1. The Morgan fingerprint density at radius 2 is 1.58 bits per heavy atom. The van der Waals surface area contributed by atoms with E-state index in [1.54, 1.807) is 29.7 Å². The zero-order valence-electron chi connectivity index (χ0n) is 10.5. The number of hydrogen-bond acceptors (Lipinski definition) is 3. The molecule has 2 aromatic carbocycles. The van der Waals surface area contributed by atoms with Gasteiger partial charge in [0.15, 0.2) is 9.84 Å². The highest BCUT2D eigenvalue weighted by Gasteiger charge is 2.09. The second-order valence-corrected chi connectivity index (χ2v) is 6.87. The van der Waals surface area contributed by atoms with E-state index < -0.39 is 9.84 Å². The fourth-order valence-electron chi connectivity index (χ4n) is 1.49. The van der Waals surface area contributed by atoms with Crippen molar-refractivity contribution in [1.82, 2.24) is 0 Å². The summed E-state index contributed by atoms with van der Waals surface area (Å²) in [7, 11) is -3.35. The smallest absolute Gasteiger partial charge is 0.200 e. The van der Waals surface area contributed by atoms with E-state index in [2.05, 4.69) is 0 Å². The molecule has 0 unspecified atom stereocenters. The molecule has 0 saturated heterocycles. The lowest BCUT2D eigenvalue weighted by molar-refractivity contribution is 0.604. The number of rotatable bonds is 4. The first-order valence-electron chi connectivity index (χ1n) is 5.78. The maximum atomic E-state index is 12.0. The number of hydrogen-bond donors (Lipinski definition) is 0. The summed E-state index contributed by atoms with van der Waals surface area (Å²) in [5.74, 6) is 0. The van der Waals surface area contributed by atoms with Crippen LogP contribution in [-0.2, 0) is 9.84 Å². The Kier molecular flexibility index (Phi) is 4.45. The van der Waals surface area contributed by atoms with E-state index in [0.717, 1.165) is 10.5 Å². The molecule has 19 heavy (non-hydrogen) atoms. The topological polar surface area (TPSA) is 34.1 Å². The lowest BCUT2D eigenvalue weighted by Crippen LogP contribution is -1.95. The van der Waals surface area contributed by atoms with Gasteiger partial charge in [0, 0.05) is 10.3 Å². The van der Waals surface area contributed by atoms with Crippen LogP contribution in [0.4, 0.5) is 0 Å². The minimum atomic E-state index is -3.35. The average Bonchev–Trinajstić information content (AvgIpc) is 2.40. The van der Waals surface area contributed by atoms with Gasteiger partial charge in [0.2, 0.25) is 0 Å². The first-order chi connectivity index (χ1) is 9.08. The molecule has 0 heterocycles. The molecule has 2 rings (SSSR count). The zero-order valence-corrected chi connectivity index (χ0v) is 12.1. The number of aryl methyl sites for hydroxylation is 1. The van der Waals surface area contributed by atoms with Crippen molar-refractivity contribution in [2.24, 2.45) is 0 Å². The van der Waals surface area contributed by atoms with Crippen LogP contribution in [0, 0.1) is 6.92 Å². The van der Waals surface area contributed by atoms with Crippen molar-refractivity contribution < 1.29 is 8.42 Å². The van der Waals surface area contributed by atoms with Gasteiger partial charge in [-0.3, -0.25) is 0 Å². The van der Waals surface area contributed by atoms with E-state index in [1.165, 1.54) is 17.2 Å². The second-order valence-electron chi connectivity index (χ2n) is 4.06. The van der Waals surface area contributed by atoms with Crippen LogP contribution < -0.4 is 0 Å². The largest absolute Gasteiger partial charge is 0.219 e. The summed E-state index contributed by atoms with van der Waals surface area (Å²) in [6, 6.07) is 16.5. The minimum absolute atomic E-state index is 0.322. The summed E-state index contributed by atoms with van der Waals surface area (Å²) in [6.07, 6.45) is 0. The van der Waals surface area contributed by atoms with Crippen LogP contribution in [0.3, 0.4) is 0 Å². The van der Waals surface area contributed by atoms with Gasteiger partial charge < -0.3 is 0 Å². The predicted molar refractivity (Wildman–Crippen MR) is 79.8 cm³/mol. The van der Waals surface area contributed by atoms with Gasteiger partial charge >= 0.3 is 0 Å². The fourth-order valence-corrected chi connectivity index (χ4v) is 3.44. The molecule has 0 bridgehead atoms. The van der Waals surface area contributed by atoms with Gasteiger partial charge in [-0.2, -0.15) is 0 Å². The highest BCUT2D eigenvalue weighted by molar-refractivity contribution is 8.03. The molecule has 98 valence electrons. The standard InChI is InChI=1S/C15H14O2S2/c1-13-7-9-15(10-8-13)19(16,17)12-11-18-14-5-3-2-4-6-14/h2-12H,1H3/b12-11+. The van der Waals surface area contributed by atoms with E-state index in [4.69, 9.17) is 0 Å². The first kappa shape index (κ1) is 13.9. The molecule has 0 fully saturated rings. The summed E-state index contributed by atoms with van der Waals surface area (Å²) < 4.78 is 24.1. The van der Waals surface area contributed by atoms with Crippen LogP contribution in [-0.4, -0.2) is 8.42 Å². The quantitative estimate of drug-likeness (QED) is 0.797. The van der Waals surface area contributed by atoms with Gasteiger partial charge in [-0.05, 0) is 36.6 Å². The van der Waals surface area contributed by atoms with E-state index in [1.807, 2.05) is 37.3 Å². The summed E-state index contributed by atoms with van der Waals surface area (Å²) in [4.78, 5) is 1.33. The van der Waals surface area contributed by atoms with Crippen molar-refractivity contribution in [3.63, 3.8) is 0 Å². The molecule has 0 radical (unpaired) electrons. The Morgan fingerprint density at radius 3 is 2.21 bits per heavy atom. The molecule has 2 aromatic rings. The Labute approximate surface area is 118 Å². The average molecular weight is 290 g/mol.